The molecule has 0 spiro atoms. The SMILES string of the molecule is [2H]c1ccnc(-c2cccc(Oc3ccc4c5ccc(Oc6cccc(-c7cc([2H])ccn7)c6)cc5n(-c5ncccn5)c4c3)c2)c1. The predicted molar refractivity (Wildman–Crippen MR) is 176 cm³/mol. The average Bonchev–Trinajstić information content (AvgIpc) is 3.41. The van der Waals surface area contributed by atoms with E-state index in [1.807, 2.05) is 89.5 Å². The molecule has 0 bridgehead atoms. The molecule has 0 fully saturated rings. The third kappa shape index (κ3) is 5.23. The minimum atomic E-state index is 0.401. The van der Waals surface area contributed by atoms with Crippen molar-refractivity contribution in [1.82, 2.24) is 24.5 Å². The van der Waals surface area contributed by atoms with Crippen molar-refractivity contribution >= 4 is 21.8 Å². The topological polar surface area (TPSA) is 75.0 Å². The second kappa shape index (κ2) is 11.4. The van der Waals surface area contributed by atoms with Crippen molar-refractivity contribution in [3.63, 3.8) is 0 Å². The number of hydrogen-bond donors (Lipinski definition) is 0. The smallest absolute Gasteiger partial charge is 0.234 e. The normalized spacial score (nSPS) is 11.7. The van der Waals surface area contributed by atoms with E-state index in [2.05, 4.69) is 19.9 Å². The number of hydrogen-bond acceptors (Lipinski definition) is 6. The van der Waals surface area contributed by atoms with Crippen LogP contribution in [0.4, 0.5) is 0 Å². The first-order chi connectivity index (χ1) is 23.1. The highest BCUT2D eigenvalue weighted by Gasteiger charge is 2.16. The summed E-state index contributed by atoms with van der Waals surface area (Å²) in [5.41, 5.74) is 4.91. The first-order valence-corrected chi connectivity index (χ1v) is 14.3. The lowest BCUT2D eigenvalue weighted by Gasteiger charge is -2.10. The Morgan fingerprint density at radius 2 is 0.956 bits per heavy atom. The highest BCUT2D eigenvalue weighted by Crippen LogP contribution is 2.37. The van der Waals surface area contributed by atoms with Crippen molar-refractivity contribution in [3.8, 4) is 51.5 Å². The molecule has 0 unspecified atom stereocenters. The van der Waals surface area contributed by atoms with E-state index in [0.29, 0.717) is 52.4 Å². The number of ether oxygens (including phenoxy) is 2. The summed E-state index contributed by atoms with van der Waals surface area (Å²) in [6.07, 6.45) is 6.71. The van der Waals surface area contributed by atoms with Gasteiger partial charge in [-0.2, -0.15) is 0 Å². The van der Waals surface area contributed by atoms with E-state index in [4.69, 9.17) is 12.2 Å². The van der Waals surface area contributed by atoms with Gasteiger partial charge in [-0.3, -0.25) is 14.5 Å². The minimum absolute atomic E-state index is 0.401. The van der Waals surface area contributed by atoms with Crippen LogP contribution in [0.1, 0.15) is 2.74 Å². The van der Waals surface area contributed by atoms with Crippen LogP contribution in [0.25, 0.3) is 50.3 Å². The van der Waals surface area contributed by atoms with Crippen LogP contribution in [0.15, 0.2) is 152 Å². The lowest BCUT2D eigenvalue weighted by atomic mass is 10.1. The van der Waals surface area contributed by atoms with Crippen LogP contribution in [0.5, 0.6) is 23.0 Å². The number of rotatable bonds is 7. The van der Waals surface area contributed by atoms with E-state index in [9.17, 15) is 0 Å². The largest absolute Gasteiger partial charge is 0.457 e. The second-order valence-electron chi connectivity index (χ2n) is 10.3. The molecule has 4 aromatic heterocycles. The van der Waals surface area contributed by atoms with Crippen LogP contribution in [0, 0.1) is 0 Å². The third-order valence-electron chi connectivity index (χ3n) is 7.40. The molecular weight excluding hydrogens is 558 g/mol. The fraction of sp³-hybridized carbons (Fsp3) is 0. The minimum Gasteiger partial charge on any atom is -0.457 e. The van der Waals surface area contributed by atoms with Crippen molar-refractivity contribution in [3.05, 3.63) is 152 Å². The van der Waals surface area contributed by atoms with Crippen LogP contribution in [-0.4, -0.2) is 24.5 Å². The van der Waals surface area contributed by atoms with Crippen LogP contribution < -0.4 is 9.47 Å². The van der Waals surface area contributed by atoms with Crippen molar-refractivity contribution in [2.24, 2.45) is 0 Å². The van der Waals surface area contributed by atoms with Crippen LogP contribution in [0.2, 0.25) is 0 Å². The first-order valence-electron chi connectivity index (χ1n) is 15.3. The van der Waals surface area contributed by atoms with Crippen LogP contribution in [-0.2, 0) is 0 Å². The van der Waals surface area contributed by atoms with Crippen LogP contribution >= 0.6 is 0 Å². The summed E-state index contributed by atoms with van der Waals surface area (Å²) in [6, 6.07) is 36.6. The van der Waals surface area contributed by atoms with E-state index >= 15 is 0 Å². The van der Waals surface area contributed by atoms with Crippen molar-refractivity contribution in [1.29, 1.82) is 0 Å². The fourth-order valence-electron chi connectivity index (χ4n) is 5.40. The Kier molecular flexibility index (Phi) is 6.11. The highest BCUT2D eigenvalue weighted by molar-refractivity contribution is 6.09. The molecule has 0 radical (unpaired) electrons. The summed E-state index contributed by atoms with van der Waals surface area (Å²) < 4.78 is 30.6. The van der Waals surface area contributed by atoms with Gasteiger partial charge >= 0.3 is 0 Å². The quantitative estimate of drug-likeness (QED) is 0.186. The van der Waals surface area contributed by atoms with Gasteiger partial charge in [0.2, 0.25) is 5.95 Å². The van der Waals surface area contributed by atoms with Crippen molar-refractivity contribution in [2.75, 3.05) is 0 Å². The summed E-state index contributed by atoms with van der Waals surface area (Å²) in [4.78, 5) is 18.0. The van der Waals surface area contributed by atoms with Gasteiger partial charge in [-0.1, -0.05) is 36.4 Å². The molecule has 0 saturated carbocycles. The number of fused-ring (bicyclic) bond motifs is 3. The zero-order chi connectivity index (χ0) is 31.7. The van der Waals surface area contributed by atoms with Gasteiger partial charge in [-0.25, -0.2) is 9.97 Å². The Labute approximate surface area is 261 Å². The standard InChI is InChI=1S/C38H25N5O2/c1-3-18-39-34(12-1)26-8-5-10-28(22-26)44-30-14-16-32-33-17-15-31(25-37(33)43(36(32)24-30)38-41-20-7-21-42-38)45-29-11-6-9-27(23-29)35-13-2-4-19-40-35/h1-25H/i1D,2D. The summed E-state index contributed by atoms with van der Waals surface area (Å²) in [5, 5.41) is 2.03. The number of benzene rings is 4. The molecule has 8 aromatic rings. The lowest BCUT2D eigenvalue weighted by molar-refractivity contribution is 0.483. The maximum Gasteiger partial charge on any atom is 0.234 e. The molecule has 0 saturated heterocycles. The molecule has 4 heterocycles. The molecule has 4 aromatic carbocycles. The molecule has 214 valence electrons. The monoisotopic (exact) mass is 585 g/mol. The number of nitrogens with zero attached hydrogens (tertiary/aromatic N) is 5. The second-order valence-corrected chi connectivity index (χ2v) is 10.3. The third-order valence-corrected chi connectivity index (χ3v) is 7.40. The molecule has 0 N–H and O–H groups in total. The molecule has 7 nitrogen and oxygen atoms in total. The van der Waals surface area contributed by atoms with E-state index in [1.54, 1.807) is 55.1 Å². The predicted octanol–water partition coefficient (Wildman–Crippen LogP) is 9.28. The Balaban J connectivity index is 1.18. The van der Waals surface area contributed by atoms with Gasteiger partial charge in [0.25, 0.3) is 0 Å². The van der Waals surface area contributed by atoms with Crippen LogP contribution in [0.3, 0.4) is 0 Å². The first kappa shape index (κ1) is 24.1. The highest BCUT2D eigenvalue weighted by atomic mass is 16.5. The van der Waals surface area contributed by atoms with Gasteiger partial charge in [0, 0.05) is 58.8 Å². The van der Waals surface area contributed by atoms with Gasteiger partial charge < -0.3 is 9.47 Å². The van der Waals surface area contributed by atoms with Gasteiger partial charge in [0.15, 0.2) is 0 Å². The van der Waals surface area contributed by atoms with E-state index < -0.39 is 0 Å². The summed E-state index contributed by atoms with van der Waals surface area (Å²) in [6.45, 7) is 0. The number of pyridine rings is 2. The summed E-state index contributed by atoms with van der Waals surface area (Å²) >= 11 is 0. The van der Waals surface area contributed by atoms with Gasteiger partial charge in [-0.05, 0) is 78.9 Å². The van der Waals surface area contributed by atoms with E-state index in [0.717, 1.165) is 32.9 Å². The maximum absolute atomic E-state index is 7.95. The molecule has 7 heteroatoms. The molecule has 0 aliphatic heterocycles. The van der Waals surface area contributed by atoms with Gasteiger partial charge in [0.05, 0.1) is 25.2 Å². The molecule has 8 rings (SSSR count). The Bertz CT molecular complexity index is 2260. The zero-order valence-electron chi connectivity index (χ0n) is 25.8. The van der Waals surface area contributed by atoms with Crippen molar-refractivity contribution < 1.29 is 12.2 Å². The van der Waals surface area contributed by atoms with Gasteiger partial charge in [0.1, 0.15) is 23.0 Å². The van der Waals surface area contributed by atoms with E-state index in [1.165, 1.54) is 0 Å². The lowest BCUT2D eigenvalue weighted by Crippen LogP contribution is -2.00. The Morgan fingerprint density at radius 1 is 0.467 bits per heavy atom. The molecule has 0 aliphatic rings. The molecule has 0 aliphatic carbocycles. The molecule has 0 atom stereocenters. The summed E-state index contributed by atoms with van der Waals surface area (Å²) in [5.74, 6) is 3.12. The Hall–Kier alpha value is -6.34. The zero-order valence-corrected chi connectivity index (χ0v) is 23.8. The Morgan fingerprint density at radius 3 is 1.47 bits per heavy atom. The summed E-state index contributed by atoms with van der Waals surface area (Å²) in [7, 11) is 0. The van der Waals surface area contributed by atoms with E-state index in [-0.39, 0.29) is 0 Å². The number of aromatic nitrogens is 5. The molecule has 0 amide bonds. The fourth-order valence-corrected chi connectivity index (χ4v) is 5.40. The van der Waals surface area contributed by atoms with Crippen molar-refractivity contribution in [2.45, 2.75) is 0 Å². The average molecular weight is 586 g/mol. The maximum atomic E-state index is 7.95. The molecular formula is C38H25N5O2. The molecule has 45 heavy (non-hydrogen) atoms. The van der Waals surface area contributed by atoms with Gasteiger partial charge in [-0.15, -0.1) is 0 Å².